The molecule has 0 amide bonds. The Labute approximate surface area is 188 Å². The highest BCUT2D eigenvalue weighted by Gasteiger charge is 2.38. The third-order valence-corrected chi connectivity index (χ3v) is 7.45. The number of aliphatic carboxylic acids is 1. The molecule has 0 spiro atoms. The number of fused-ring (bicyclic) bond motifs is 2. The number of pyridine rings is 1. The van der Waals surface area contributed by atoms with Gasteiger partial charge in [0, 0.05) is 24.0 Å². The van der Waals surface area contributed by atoms with Crippen LogP contribution in [-0.4, -0.2) is 31.5 Å². The first-order chi connectivity index (χ1) is 15.2. The summed E-state index contributed by atoms with van der Waals surface area (Å²) in [7, 11) is -3.06. The fourth-order valence-corrected chi connectivity index (χ4v) is 5.18. The number of hydrogen-bond donors (Lipinski definition) is 1. The number of hydrogen-bond acceptors (Lipinski definition) is 5. The van der Waals surface area contributed by atoms with Crippen molar-refractivity contribution in [3.8, 4) is 0 Å². The molecule has 0 aliphatic heterocycles. The Morgan fingerprint density at radius 2 is 1.72 bits per heavy atom. The Balaban J connectivity index is 1.93. The second-order valence-electron chi connectivity index (χ2n) is 7.16. The van der Waals surface area contributed by atoms with E-state index in [0.29, 0.717) is 16.6 Å². The van der Waals surface area contributed by atoms with E-state index in [9.17, 15) is 23.1 Å². The third-order valence-electron chi connectivity index (χ3n) is 5.20. The van der Waals surface area contributed by atoms with Crippen molar-refractivity contribution in [3.63, 3.8) is 0 Å². The molecule has 0 radical (unpaired) electrons. The molecule has 1 heterocycles. The predicted octanol–water partition coefficient (Wildman–Crippen LogP) is 3.99. The minimum Gasteiger partial charge on any atom is -0.480 e. The minimum atomic E-state index is -4.36. The minimum absolute atomic E-state index is 0.0285. The summed E-state index contributed by atoms with van der Waals surface area (Å²) in [5.74, 6) is -1.55. The second-order valence-corrected chi connectivity index (χ2v) is 9.65. The van der Waals surface area contributed by atoms with Crippen LogP contribution in [-0.2, 0) is 14.8 Å². The molecule has 0 saturated carbocycles. The van der Waals surface area contributed by atoms with E-state index in [1.165, 1.54) is 37.5 Å². The molecule has 0 bridgehead atoms. The van der Waals surface area contributed by atoms with Crippen molar-refractivity contribution in [1.29, 1.82) is 0 Å². The highest BCUT2D eigenvalue weighted by Crippen LogP contribution is 2.30. The molecule has 0 aliphatic rings. The topological polar surface area (TPSA) is 105 Å². The molecule has 1 N–H and O–H groups in total. The molecule has 0 fully saturated rings. The Bertz CT molecular complexity index is 1520. The molecule has 4 aromatic rings. The van der Waals surface area contributed by atoms with Crippen molar-refractivity contribution in [1.82, 2.24) is 4.98 Å². The van der Waals surface area contributed by atoms with E-state index in [1.54, 1.807) is 42.5 Å². The first kappa shape index (κ1) is 21.7. The van der Waals surface area contributed by atoms with Crippen molar-refractivity contribution >= 4 is 55.0 Å². The van der Waals surface area contributed by atoms with E-state index >= 15 is 0 Å². The standard InChI is InChI=1S/C23H17ClN2O5S/c1-26(17-5-3-2-4-6-17)32(30,31)22(23(28)29)15-8-7-14-9-10-20-19(12-16(24)13-25-20)21(27)18(14)11-15/h2-13,22H,1H3,(H,28,29). The van der Waals surface area contributed by atoms with Gasteiger partial charge in [0.15, 0.2) is 5.43 Å². The summed E-state index contributed by atoms with van der Waals surface area (Å²) in [6.45, 7) is 0. The monoisotopic (exact) mass is 468 g/mol. The Morgan fingerprint density at radius 1 is 1.03 bits per heavy atom. The maximum atomic E-state index is 13.3. The van der Waals surface area contributed by atoms with Crippen LogP contribution in [0, 0.1) is 0 Å². The SMILES string of the molecule is CN(c1ccccc1)S(=O)(=O)C(C(=O)O)c1ccc2ccc3ncc(Cl)cc3c(=O)c2c1. The van der Waals surface area contributed by atoms with Crippen molar-refractivity contribution in [2.75, 3.05) is 11.4 Å². The van der Waals surface area contributed by atoms with Crippen molar-refractivity contribution in [2.45, 2.75) is 5.25 Å². The lowest BCUT2D eigenvalue weighted by Gasteiger charge is -2.24. The third kappa shape index (κ3) is 3.79. The molecule has 1 atom stereocenters. The summed E-state index contributed by atoms with van der Waals surface area (Å²) in [4.78, 5) is 29.5. The van der Waals surface area contributed by atoms with Crippen molar-refractivity contribution in [2.24, 2.45) is 0 Å². The fraction of sp³-hybridized carbons (Fsp3) is 0.0870. The van der Waals surface area contributed by atoms with Gasteiger partial charge in [-0.25, -0.2) is 8.42 Å². The number of anilines is 1. The maximum absolute atomic E-state index is 13.3. The van der Waals surface area contributed by atoms with Gasteiger partial charge in [-0.15, -0.1) is 0 Å². The highest BCUT2D eigenvalue weighted by atomic mass is 35.5. The van der Waals surface area contributed by atoms with Crippen LogP contribution in [0.4, 0.5) is 5.69 Å². The van der Waals surface area contributed by atoms with Crippen LogP contribution < -0.4 is 9.73 Å². The molecule has 9 heteroatoms. The van der Waals surface area contributed by atoms with Crippen molar-refractivity contribution < 1.29 is 18.3 Å². The lowest BCUT2D eigenvalue weighted by atomic mass is 10.1. The molecular weight excluding hydrogens is 452 g/mol. The molecule has 0 aliphatic carbocycles. The van der Waals surface area contributed by atoms with Gasteiger partial charge in [0.2, 0.25) is 5.25 Å². The number of halogens is 1. The van der Waals surface area contributed by atoms with Crippen molar-refractivity contribution in [3.05, 3.63) is 93.7 Å². The molecule has 32 heavy (non-hydrogen) atoms. The van der Waals surface area contributed by atoms with Gasteiger partial charge in [-0.05, 0) is 41.3 Å². The quantitative estimate of drug-likeness (QED) is 0.474. The van der Waals surface area contributed by atoms with E-state index < -0.39 is 26.7 Å². The number of rotatable bonds is 5. The van der Waals surface area contributed by atoms with E-state index in [-0.39, 0.29) is 21.4 Å². The first-order valence-electron chi connectivity index (χ1n) is 9.48. The van der Waals surface area contributed by atoms with Gasteiger partial charge >= 0.3 is 5.97 Å². The molecule has 3 aromatic carbocycles. The Hall–Kier alpha value is -3.49. The summed E-state index contributed by atoms with van der Waals surface area (Å²) in [5, 5.41) is 9.16. The summed E-state index contributed by atoms with van der Waals surface area (Å²) >= 11 is 6.00. The summed E-state index contributed by atoms with van der Waals surface area (Å²) < 4.78 is 27.4. The van der Waals surface area contributed by atoms with Gasteiger partial charge in [0.05, 0.1) is 16.2 Å². The largest absolute Gasteiger partial charge is 0.480 e. The zero-order valence-electron chi connectivity index (χ0n) is 16.8. The lowest BCUT2D eigenvalue weighted by Crippen LogP contribution is -2.35. The molecule has 7 nitrogen and oxygen atoms in total. The number of carboxylic acids is 1. The molecule has 1 unspecified atom stereocenters. The van der Waals surface area contributed by atoms with Gasteiger partial charge in [0.25, 0.3) is 10.0 Å². The van der Waals surface area contributed by atoms with E-state index in [0.717, 1.165) is 4.31 Å². The number of benzene rings is 2. The average molecular weight is 469 g/mol. The molecule has 0 saturated heterocycles. The zero-order valence-corrected chi connectivity index (χ0v) is 18.3. The summed E-state index contributed by atoms with van der Waals surface area (Å²) in [6, 6.07) is 17.2. The van der Waals surface area contributed by atoms with Gasteiger partial charge in [-0.2, -0.15) is 0 Å². The van der Waals surface area contributed by atoms with E-state index in [1.807, 2.05) is 0 Å². The maximum Gasteiger partial charge on any atom is 0.328 e. The first-order valence-corrected chi connectivity index (χ1v) is 11.4. The van der Waals surface area contributed by atoms with Gasteiger partial charge in [-0.3, -0.25) is 18.9 Å². The van der Waals surface area contributed by atoms with Crippen LogP contribution in [0.3, 0.4) is 0 Å². The lowest BCUT2D eigenvalue weighted by molar-refractivity contribution is -0.136. The van der Waals surface area contributed by atoms with Gasteiger partial charge in [0.1, 0.15) is 0 Å². The van der Waals surface area contributed by atoms with Gasteiger partial charge < -0.3 is 5.11 Å². The smallest absolute Gasteiger partial charge is 0.328 e. The van der Waals surface area contributed by atoms with E-state index in [2.05, 4.69) is 4.98 Å². The van der Waals surface area contributed by atoms with Crippen LogP contribution >= 0.6 is 11.6 Å². The number of carbonyl (C=O) groups is 1. The van der Waals surface area contributed by atoms with Crippen LogP contribution in [0.25, 0.3) is 21.7 Å². The number of aromatic nitrogens is 1. The average Bonchev–Trinajstić information content (AvgIpc) is 2.90. The predicted molar refractivity (Wildman–Crippen MR) is 125 cm³/mol. The number of sulfonamides is 1. The number of para-hydroxylation sites is 1. The van der Waals surface area contributed by atoms with Gasteiger partial charge in [-0.1, -0.05) is 48.0 Å². The molecular formula is C23H17ClN2O5S. The Morgan fingerprint density at radius 3 is 2.41 bits per heavy atom. The van der Waals surface area contributed by atoms with Crippen LogP contribution in [0.15, 0.2) is 77.7 Å². The molecule has 1 aromatic heterocycles. The number of carboxylic acid groups (broad SMARTS) is 1. The highest BCUT2D eigenvalue weighted by molar-refractivity contribution is 7.93. The molecule has 162 valence electrons. The molecule has 4 rings (SSSR count). The van der Waals surface area contributed by atoms with E-state index in [4.69, 9.17) is 11.6 Å². The van der Waals surface area contributed by atoms with Crippen LogP contribution in [0.1, 0.15) is 10.8 Å². The number of nitrogens with zero attached hydrogens (tertiary/aromatic N) is 2. The summed E-state index contributed by atoms with van der Waals surface area (Å²) in [5.41, 5.74) is 0.291. The second kappa shape index (κ2) is 8.22. The Kier molecular flexibility index (Phi) is 5.58. The zero-order chi connectivity index (χ0) is 23.0. The summed E-state index contributed by atoms with van der Waals surface area (Å²) in [6.07, 6.45) is 1.42. The van der Waals surface area contributed by atoms with Crippen LogP contribution in [0.5, 0.6) is 0 Å². The normalized spacial score (nSPS) is 12.6. The fourth-order valence-electron chi connectivity index (χ4n) is 3.54. The van der Waals surface area contributed by atoms with Crippen LogP contribution in [0.2, 0.25) is 5.02 Å².